The zero-order chi connectivity index (χ0) is 15.5. The average Bonchev–Trinajstić information content (AvgIpc) is 2.38. The molecule has 0 bridgehead atoms. The minimum atomic E-state index is -4.20. The normalized spacial score (nSPS) is 12.8. The molecule has 9 heteroatoms. The predicted molar refractivity (Wildman–Crippen MR) is 61.6 cm³/mol. The number of nitro groups is 1. The van der Waals surface area contributed by atoms with E-state index in [0.29, 0.717) is 12.1 Å². The van der Waals surface area contributed by atoms with Crippen molar-refractivity contribution in [1.82, 2.24) is 0 Å². The lowest BCUT2D eigenvalue weighted by atomic mass is 10.00. The van der Waals surface area contributed by atoms with Gasteiger partial charge in [-0.05, 0) is 13.0 Å². The van der Waals surface area contributed by atoms with E-state index in [1.165, 1.54) is 6.92 Å². The minimum absolute atomic E-state index is 0.307. The molecule has 0 saturated heterocycles. The van der Waals surface area contributed by atoms with Crippen LogP contribution in [0.3, 0.4) is 0 Å². The van der Waals surface area contributed by atoms with E-state index in [2.05, 4.69) is 4.74 Å². The number of nitro benzene ring substituents is 1. The maximum absolute atomic E-state index is 13.7. The summed E-state index contributed by atoms with van der Waals surface area (Å²) in [5.41, 5.74) is 3.71. The van der Waals surface area contributed by atoms with E-state index in [1.54, 1.807) is 0 Å². The van der Waals surface area contributed by atoms with E-state index in [0.717, 1.165) is 6.07 Å². The summed E-state index contributed by atoms with van der Waals surface area (Å²) < 4.78 is 44.9. The number of nitrogens with zero attached hydrogens (tertiary/aromatic N) is 1. The maximum Gasteiger partial charge on any atom is 0.379 e. The summed E-state index contributed by atoms with van der Waals surface area (Å²) in [5.74, 6) is -7.29. The lowest BCUT2D eigenvalue weighted by Gasteiger charge is -2.22. The van der Waals surface area contributed by atoms with Crippen LogP contribution in [0.1, 0.15) is 18.5 Å². The number of carbonyl (C=O) groups excluding carboxylic acids is 1. The molecule has 2 N–H and O–H groups in total. The first-order chi connectivity index (χ1) is 9.21. The first kappa shape index (κ1) is 15.9. The summed E-state index contributed by atoms with van der Waals surface area (Å²) in [6, 6.07) is -0.392. The Hall–Kier alpha value is -2.16. The number of nitrogens with two attached hydrogens (primary N) is 1. The van der Waals surface area contributed by atoms with E-state index in [1.807, 2.05) is 0 Å². The van der Waals surface area contributed by atoms with Gasteiger partial charge in [0.25, 0.3) is 5.69 Å². The molecule has 0 saturated carbocycles. The van der Waals surface area contributed by atoms with Crippen LogP contribution in [0.2, 0.25) is 0 Å². The van der Waals surface area contributed by atoms with E-state index in [-0.39, 0.29) is 6.61 Å². The number of hydrogen-bond donors (Lipinski definition) is 1. The van der Waals surface area contributed by atoms with Gasteiger partial charge in [-0.3, -0.25) is 10.1 Å². The molecule has 0 spiro atoms. The third-order valence-corrected chi connectivity index (χ3v) is 2.46. The van der Waals surface area contributed by atoms with Crippen molar-refractivity contribution in [3.63, 3.8) is 0 Å². The Bertz CT molecular complexity index is 536. The number of rotatable bonds is 5. The van der Waals surface area contributed by atoms with Crippen LogP contribution in [0.5, 0.6) is 0 Å². The van der Waals surface area contributed by atoms with Crippen molar-refractivity contribution in [2.24, 2.45) is 5.73 Å². The average molecular weight is 292 g/mol. The first-order valence-electron chi connectivity index (χ1n) is 5.46. The topological polar surface area (TPSA) is 95.5 Å². The van der Waals surface area contributed by atoms with Crippen LogP contribution in [0.25, 0.3) is 0 Å². The molecule has 1 rings (SSSR count). The highest BCUT2D eigenvalue weighted by atomic mass is 19.3. The predicted octanol–water partition coefficient (Wildman–Crippen LogP) is 1.93. The third kappa shape index (κ3) is 3.05. The van der Waals surface area contributed by atoms with Gasteiger partial charge in [-0.2, -0.15) is 8.78 Å². The quantitative estimate of drug-likeness (QED) is 0.508. The van der Waals surface area contributed by atoms with E-state index in [9.17, 15) is 28.1 Å². The van der Waals surface area contributed by atoms with Crippen molar-refractivity contribution in [3.05, 3.63) is 39.7 Å². The van der Waals surface area contributed by atoms with Crippen LogP contribution in [0.15, 0.2) is 18.2 Å². The number of non-ortho nitro benzene ring substituents is 1. The molecule has 0 aromatic heterocycles. The first-order valence-corrected chi connectivity index (χ1v) is 5.46. The summed E-state index contributed by atoms with van der Waals surface area (Å²) in [7, 11) is 0. The second-order valence-electron chi connectivity index (χ2n) is 3.78. The molecule has 0 aliphatic carbocycles. The molecule has 0 heterocycles. The van der Waals surface area contributed by atoms with Crippen molar-refractivity contribution in [2.45, 2.75) is 18.9 Å². The molecule has 0 radical (unpaired) electrons. The molecule has 0 amide bonds. The smallest absolute Gasteiger partial charge is 0.379 e. The van der Waals surface area contributed by atoms with Crippen LogP contribution in [0.4, 0.5) is 18.9 Å². The zero-order valence-corrected chi connectivity index (χ0v) is 10.3. The second kappa shape index (κ2) is 5.87. The van der Waals surface area contributed by atoms with Crippen LogP contribution in [0, 0.1) is 15.9 Å². The van der Waals surface area contributed by atoms with Gasteiger partial charge in [0, 0.05) is 17.7 Å². The molecule has 6 nitrogen and oxygen atoms in total. The number of hydrogen-bond acceptors (Lipinski definition) is 5. The molecule has 20 heavy (non-hydrogen) atoms. The van der Waals surface area contributed by atoms with Gasteiger partial charge in [0.15, 0.2) is 0 Å². The number of esters is 1. The number of halogens is 3. The molecular weight excluding hydrogens is 281 g/mol. The number of benzene rings is 1. The molecule has 0 aliphatic heterocycles. The summed E-state index contributed by atoms with van der Waals surface area (Å²) in [6.45, 7) is 1.01. The summed E-state index contributed by atoms with van der Waals surface area (Å²) in [6.07, 6.45) is 0. The molecule has 1 aromatic rings. The zero-order valence-electron chi connectivity index (χ0n) is 10.3. The van der Waals surface area contributed by atoms with Gasteiger partial charge in [-0.25, -0.2) is 9.18 Å². The van der Waals surface area contributed by atoms with E-state index < -0.39 is 39.9 Å². The van der Waals surface area contributed by atoms with E-state index in [4.69, 9.17) is 5.73 Å². The molecule has 0 aliphatic rings. The summed E-state index contributed by atoms with van der Waals surface area (Å²) in [4.78, 5) is 20.7. The molecule has 1 aromatic carbocycles. The van der Waals surface area contributed by atoms with Gasteiger partial charge in [-0.15, -0.1) is 0 Å². The lowest BCUT2D eigenvalue weighted by Crippen LogP contribution is -2.42. The van der Waals surface area contributed by atoms with Crippen molar-refractivity contribution >= 4 is 11.7 Å². The van der Waals surface area contributed by atoms with Crippen molar-refractivity contribution in [2.75, 3.05) is 6.61 Å². The van der Waals surface area contributed by atoms with Crippen molar-refractivity contribution in [1.29, 1.82) is 0 Å². The van der Waals surface area contributed by atoms with Gasteiger partial charge in [0.05, 0.1) is 11.5 Å². The molecule has 1 atom stereocenters. The third-order valence-electron chi connectivity index (χ3n) is 2.46. The molecule has 0 fully saturated rings. The summed E-state index contributed by atoms with van der Waals surface area (Å²) in [5, 5.41) is 10.5. The Kier molecular flexibility index (Phi) is 4.66. The van der Waals surface area contributed by atoms with Gasteiger partial charge in [0.2, 0.25) is 0 Å². The fourth-order valence-electron chi connectivity index (χ4n) is 1.43. The van der Waals surface area contributed by atoms with Crippen molar-refractivity contribution < 1.29 is 27.6 Å². The van der Waals surface area contributed by atoms with Crippen molar-refractivity contribution in [3.8, 4) is 0 Å². The molecular formula is C11H11F3N2O4. The Morgan fingerprint density at radius 2 is 2.15 bits per heavy atom. The standard InChI is InChI=1S/C11H11F3N2O4/c1-2-20-10(17)11(13,14)9(15)7-5-6(16(18)19)3-4-8(7)12/h3-5,9H,2,15H2,1H3/t9-/m0/s1. The molecule has 110 valence electrons. The van der Waals surface area contributed by atoms with Gasteiger partial charge < -0.3 is 10.5 Å². The fourth-order valence-corrected chi connectivity index (χ4v) is 1.43. The fraction of sp³-hybridized carbons (Fsp3) is 0.364. The summed E-state index contributed by atoms with van der Waals surface area (Å²) >= 11 is 0. The van der Waals surface area contributed by atoms with Crippen LogP contribution >= 0.6 is 0 Å². The largest absolute Gasteiger partial charge is 0.462 e. The highest BCUT2D eigenvalue weighted by Crippen LogP contribution is 2.33. The highest BCUT2D eigenvalue weighted by molar-refractivity contribution is 5.79. The Balaban J connectivity index is 3.19. The monoisotopic (exact) mass is 292 g/mol. The number of ether oxygens (including phenoxy) is 1. The van der Waals surface area contributed by atoms with Gasteiger partial charge in [0.1, 0.15) is 11.9 Å². The number of alkyl halides is 2. The Labute approximate surface area is 111 Å². The van der Waals surface area contributed by atoms with Gasteiger partial charge >= 0.3 is 11.9 Å². The van der Waals surface area contributed by atoms with Crippen LogP contribution in [-0.4, -0.2) is 23.4 Å². The molecule has 0 unspecified atom stereocenters. The Morgan fingerprint density at radius 1 is 1.55 bits per heavy atom. The van der Waals surface area contributed by atoms with Crippen LogP contribution in [-0.2, 0) is 9.53 Å². The Morgan fingerprint density at radius 3 is 2.65 bits per heavy atom. The minimum Gasteiger partial charge on any atom is -0.462 e. The lowest BCUT2D eigenvalue weighted by molar-refractivity contribution is -0.385. The highest BCUT2D eigenvalue weighted by Gasteiger charge is 2.49. The SMILES string of the molecule is CCOC(=O)C(F)(F)[C@@H](N)c1cc([N+](=O)[O-])ccc1F. The van der Waals surface area contributed by atoms with E-state index >= 15 is 0 Å². The maximum atomic E-state index is 13.7. The van der Waals surface area contributed by atoms with Crippen LogP contribution < -0.4 is 5.73 Å². The second-order valence-corrected chi connectivity index (χ2v) is 3.78. The van der Waals surface area contributed by atoms with Gasteiger partial charge in [-0.1, -0.05) is 0 Å². The number of carbonyl (C=O) groups is 1.